The van der Waals surface area contributed by atoms with E-state index in [-0.39, 0.29) is 5.91 Å². The molecule has 116 valence electrons. The standard InChI is InChI=1S/C18H17N3O2/c1-11-9-12(2)19-15(10-11)20-18(22)16-13(3)23-21-17(16)14-7-5-4-6-8-14/h4-10H,1-3H3,(H,19,20,22)/p+1. The lowest BCUT2D eigenvalue weighted by atomic mass is 10.1. The second-order valence-electron chi connectivity index (χ2n) is 5.54. The van der Waals surface area contributed by atoms with Crippen LogP contribution in [0.2, 0.25) is 0 Å². The molecule has 1 aromatic carbocycles. The number of rotatable bonds is 3. The normalized spacial score (nSPS) is 10.6. The van der Waals surface area contributed by atoms with Crippen LogP contribution in [0.1, 0.15) is 27.4 Å². The summed E-state index contributed by atoms with van der Waals surface area (Å²) < 4.78 is 5.24. The number of nitrogens with one attached hydrogen (secondary N) is 2. The molecule has 2 N–H and O–H groups in total. The number of benzene rings is 1. The van der Waals surface area contributed by atoms with E-state index in [2.05, 4.69) is 15.5 Å². The van der Waals surface area contributed by atoms with E-state index in [1.807, 2.05) is 56.3 Å². The van der Waals surface area contributed by atoms with Gasteiger partial charge in [0.05, 0.1) is 5.69 Å². The van der Waals surface area contributed by atoms with Gasteiger partial charge in [-0.2, -0.15) is 0 Å². The molecule has 5 nitrogen and oxygen atoms in total. The summed E-state index contributed by atoms with van der Waals surface area (Å²) in [5.74, 6) is 0.890. The first-order valence-electron chi connectivity index (χ1n) is 7.38. The van der Waals surface area contributed by atoms with E-state index < -0.39 is 0 Å². The van der Waals surface area contributed by atoms with Gasteiger partial charge in [0.1, 0.15) is 17.0 Å². The molecule has 0 spiro atoms. The number of hydrogen-bond acceptors (Lipinski definition) is 3. The Morgan fingerprint density at radius 1 is 1.13 bits per heavy atom. The van der Waals surface area contributed by atoms with Gasteiger partial charge in [0.25, 0.3) is 5.82 Å². The number of H-pyrrole nitrogens is 1. The van der Waals surface area contributed by atoms with Gasteiger partial charge in [-0.3, -0.25) is 0 Å². The van der Waals surface area contributed by atoms with E-state index in [9.17, 15) is 4.79 Å². The monoisotopic (exact) mass is 308 g/mol. The van der Waals surface area contributed by atoms with E-state index in [1.54, 1.807) is 6.92 Å². The minimum absolute atomic E-state index is 0.246. The van der Waals surface area contributed by atoms with Gasteiger partial charge < -0.3 is 4.52 Å². The number of carbonyl (C=O) groups is 1. The lowest BCUT2D eigenvalue weighted by Gasteiger charge is -2.02. The molecule has 3 aromatic rings. The Morgan fingerprint density at radius 2 is 1.87 bits per heavy atom. The fourth-order valence-electron chi connectivity index (χ4n) is 2.58. The molecule has 0 radical (unpaired) electrons. The molecule has 0 aliphatic carbocycles. The van der Waals surface area contributed by atoms with Gasteiger partial charge in [0, 0.05) is 11.6 Å². The van der Waals surface area contributed by atoms with E-state index in [1.165, 1.54) is 0 Å². The molecule has 1 amide bonds. The third-order valence-corrected chi connectivity index (χ3v) is 3.53. The molecule has 23 heavy (non-hydrogen) atoms. The number of aromatic amines is 1. The van der Waals surface area contributed by atoms with Crippen LogP contribution in [-0.4, -0.2) is 11.1 Å². The lowest BCUT2D eigenvalue weighted by Crippen LogP contribution is -2.22. The van der Waals surface area contributed by atoms with Crippen LogP contribution in [0.3, 0.4) is 0 Å². The first kappa shape index (κ1) is 15.0. The summed E-state index contributed by atoms with van der Waals surface area (Å²) in [4.78, 5) is 15.8. The number of nitrogens with zero attached hydrogens (tertiary/aromatic N) is 1. The molecule has 0 atom stereocenters. The fourth-order valence-corrected chi connectivity index (χ4v) is 2.58. The molecule has 0 aliphatic rings. The molecular weight excluding hydrogens is 290 g/mol. The van der Waals surface area contributed by atoms with Gasteiger partial charge in [-0.15, -0.1) is 0 Å². The van der Waals surface area contributed by atoms with E-state index in [0.29, 0.717) is 22.8 Å². The Bertz CT molecular complexity index is 834. The molecule has 0 saturated carbocycles. The Kier molecular flexibility index (Phi) is 3.93. The number of hydrogen-bond donors (Lipinski definition) is 1. The second-order valence-corrected chi connectivity index (χ2v) is 5.54. The third kappa shape index (κ3) is 3.13. The van der Waals surface area contributed by atoms with Crippen LogP contribution in [-0.2, 0) is 0 Å². The van der Waals surface area contributed by atoms with Crippen molar-refractivity contribution in [1.29, 1.82) is 0 Å². The summed E-state index contributed by atoms with van der Waals surface area (Å²) in [6, 6.07) is 13.4. The second kappa shape index (κ2) is 6.04. The van der Waals surface area contributed by atoms with E-state index >= 15 is 0 Å². The van der Waals surface area contributed by atoms with Crippen molar-refractivity contribution in [1.82, 2.24) is 5.16 Å². The zero-order chi connectivity index (χ0) is 16.4. The minimum atomic E-state index is -0.246. The van der Waals surface area contributed by atoms with Crippen LogP contribution in [0.4, 0.5) is 5.82 Å². The van der Waals surface area contributed by atoms with Gasteiger partial charge in [0.15, 0.2) is 0 Å². The highest BCUT2D eigenvalue weighted by atomic mass is 16.5. The van der Waals surface area contributed by atoms with Crippen molar-refractivity contribution in [3.63, 3.8) is 0 Å². The van der Waals surface area contributed by atoms with Crippen LogP contribution in [0.5, 0.6) is 0 Å². The lowest BCUT2D eigenvalue weighted by molar-refractivity contribution is -0.370. The topological polar surface area (TPSA) is 69.3 Å². The van der Waals surface area contributed by atoms with Gasteiger partial charge in [-0.1, -0.05) is 35.5 Å². The average Bonchev–Trinajstić information content (AvgIpc) is 2.89. The van der Waals surface area contributed by atoms with Crippen molar-refractivity contribution in [2.24, 2.45) is 0 Å². The molecule has 0 saturated heterocycles. The van der Waals surface area contributed by atoms with Gasteiger partial charge in [0.2, 0.25) is 0 Å². The predicted molar refractivity (Wildman–Crippen MR) is 87.1 cm³/mol. The molecule has 2 aromatic heterocycles. The van der Waals surface area contributed by atoms with Crippen molar-refractivity contribution >= 4 is 11.7 Å². The highest BCUT2D eigenvalue weighted by Gasteiger charge is 2.25. The zero-order valence-electron chi connectivity index (χ0n) is 13.3. The SMILES string of the molecule is Cc1cc(C)[nH+]c(NC(=O)c2c(-c3ccccc3)noc2C)c1. The highest BCUT2D eigenvalue weighted by molar-refractivity contribution is 6.08. The molecule has 5 heteroatoms. The largest absolute Gasteiger partial charge is 0.360 e. The number of carbonyl (C=O) groups excluding carboxylic acids is 1. The highest BCUT2D eigenvalue weighted by Crippen LogP contribution is 2.25. The molecule has 0 unspecified atom stereocenters. The molecule has 2 heterocycles. The van der Waals surface area contributed by atoms with Crippen LogP contribution in [0, 0.1) is 20.8 Å². The first-order chi connectivity index (χ1) is 11.0. The van der Waals surface area contributed by atoms with Gasteiger partial charge >= 0.3 is 5.91 Å². The van der Waals surface area contributed by atoms with Crippen LogP contribution in [0.15, 0.2) is 47.0 Å². The smallest absolute Gasteiger partial charge is 0.344 e. The fraction of sp³-hybridized carbons (Fsp3) is 0.167. The van der Waals surface area contributed by atoms with Crippen LogP contribution < -0.4 is 10.3 Å². The minimum Gasteiger partial charge on any atom is -0.360 e. The quantitative estimate of drug-likeness (QED) is 0.807. The third-order valence-electron chi connectivity index (χ3n) is 3.53. The molecule has 0 fully saturated rings. The maximum atomic E-state index is 12.7. The molecular formula is C18H18N3O2+. The summed E-state index contributed by atoms with van der Waals surface area (Å²) in [6.45, 7) is 5.67. The van der Waals surface area contributed by atoms with E-state index in [0.717, 1.165) is 16.8 Å². The summed E-state index contributed by atoms with van der Waals surface area (Å²) in [5.41, 5.74) is 3.89. The Morgan fingerprint density at radius 3 is 2.57 bits per heavy atom. The molecule has 3 rings (SSSR count). The average molecular weight is 308 g/mol. The number of aromatic nitrogens is 2. The molecule has 0 bridgehead atoms. The van der Waals surface area contributed by atoms with Gasteiger partial charge in [-0.25, -0.2) is 15.1 Å². The molecule has 0 aliphatic heterocycles. The van der Waals surface area contributed by atoms with Crippen molar-refractivity contribution < 1.29 is 14.3 Å². The number of anilines is 1. The van der Waals surface area contributed by atoms with Crippen molar-refractivity contribution in [2.75, 3.05) is 5.32 Å². The van der Waals surface area contributed by atoms with Crippen molar-refractivity contribution in [2.45, 2.75) is 20.8 Å². The maximum Gasteiger partial charge on any atom is 0.344 e. The summed E-state index contributed by atoms with van der Waals surface area (Å²) in [5, 5.41) is 6.92. The Hall–Kier alpha value is -2.95. The number of aryl methyl sites for hydroxylation is 3. The summed E-state index contributed by atoms with van der Waals surface area (Å²) in [7, 11) is 0. The van der Waals surface area contributed by atoms with Crippen molar-refractivity contribution in [3.8, 4) is 11.3 Å². The zero-order valence-corrected chi connectivity index (χ0v) is 13.3. The maximum absolute atomic E-state index is 12.7. The van der Waals surface area contributed by atoms with Crippen LogP contribution >= 0.6 is 0 Å². The van der Waals surface area contributed by atoms with E-state index in [4.69, 9.17) is 4.52 Å². The Labute approximate surface area is 134 Å². The predicted octanol–water partition coefficient (Wildman–Crippen LogP) is 3.33. The Balaban J connectivity index is 1.95. The van der Waals surface area contributed by atoms with Crippen LogP contribution in [0.25, 0.3) is 11.3 Å². The summed E-state index contributed by atoms with van der Waals surface area (Å²) >= 11 is 0. The number of pyridine rings is 1. The summed E-state index contributed by atoms with van der Waals surface area (Å²) in [6.07, 6.45) is 0. The first-order valence-corrected chi connectivity index (χ1v) is 7.38. The number of amides is 1. The van der Waals surface area contributed by atoms with Crippen molar-refractivity contribution in [3.05, 3.63) is 65.0 Å². The van der Waals surface area contributed by atoms with Gasteiger partial charge in [-0.05, 0) is 32.4 Å².